The molecule has 1 aromatic rings. The number of nitrogens with zero attached hydrogens (tertiary/aromatic N) is 1. The van der Waals surface area contributed by atoms with Crippen molar-refractivity contribution >= 4 is 21.4 Å². The van der Waals surface area contributed by atoms with Crippen molar-refractivity contribution in [3.8, 4) is 0 Å². The minimum absolute atomic E-state index is 0.0668. The van der Waals surface area contributed by atoms with Crippen LogP contribution in [-0.4, -0.2) is 33.2 Å². The average Bonchev–Trinajstić information content (AvgIpc) is 2.77. The van der Waals surface area contributed by atoms with Gasteiger partial charge in [0, 0.05) is 25.4 Å². The third kappa shape index (κ3) is 3.17. The van der Waals surface area contributed by atoms with Gasteiger partial charge >= 0.3 is 0 Å². The molecular formula is C12H19N3O3S. The number of nitrogen functional groups attached to an aromatic ring is 1. The van der Waals surface area contributed by atoms with E-state index in [1.165, 1.54) is 6.07 Å². The molecule has 1 unspecified atom stereocenters. The van der Waals surface area contributed by atoms with Crippen molar-refractivity contribution in [2.24, 2.45) is 11.1 Å². The fourth-order valence-electron chi connectivity index (χ4n) is 2.49. The highest BCUT2D eigenvalue weighted by Crippen LogP contribution is 2.31. The van der Waals surface area contributed by atoms with Gasteiger partial charge in [-0.3, -0.25) is 0 Å². The monoisotopic (exact) mass is 285 g/mol. The lowest BCUT2D eigenvalue weighted by atomic mass is 10.1. The van der Waals surface area contributed by atoms with Crippen LogP contribution in [0.1, 0.15) is 12.8 Å². The first-order valence-electron chi connectivity index (χ1n) is 6.20. The fraction of sp³-hybridized carbons (Fsp3) is 0.500. The summed E-state index contributed by atoms with van der Waals surface area (Å²) in [7, 11) is -3.79. The third-order valence-corrected chi connectivity index (χ3v) is 4.39. The summed E-state index contributed by atoms with van der Waals surface area (Å²) in [5.41, 5.74) is 6.59. The maximum absolute atomic E-state index is 11.6. The Labute approximate surface area is 113 Å². The molecule has 0 aromatic heterocycles. The molecule has 0 radical (unpaired) electrons. The first-order valence-corrected chi connectivity index (χ1v) is 7.74. The van der Waals surface area contributed by atoms with E-state index < -0.39 is 10.0 Å². The van der Waals surface area contributed by atoms with Gasteiger partial charge in [0.05, 0.1) is 5.69 Å². The van der Waals surface area contributed by atoms with Crippen molar-refractivity contribution in [2.75, 3.05) is 30.3 Å². The highest BCUT2D eigenvalue weighted by molar-refractivity contribution is 7.89. The molecule has 0 bridgehead atoms. The SMILES string of the molecule is Nc1ccc(N2CCC(CCO)C2)c(S(N)(=O)=O)c1. The second kappa shape index (κ2) is 5.36. The smallest absolute Gasteiger partial charge is 0.240 e. The van der Waals surface area contributed by atoms with E-state index >= 15 is 0 Å². The zero-order valence-electron chi connectivity index (χ0n) is 10.6. The van der Waals surface area contributed by atoms with Crippen molar-refractivity contribution < 1.29 is 13.5 Å². The summed E-state index contributed by atoms with van der Waals surface area (Å²) in [6.45, 7) is 1.65. The maximum Gasteiger partial charge on any atom is 0.240 e. The van der Waals surface area contributed by atoms with Crippen LogP contribution in [-0.2, 0) is 10.0 Å². The van der Waals surface area contributed by atoms with Gasteiger partial charge in [-0.1, -0.05) is 0 Å². The van der Waals surface area contributed by atoms with E-state index in [2.05, 4.69) is 0 Å². The van der Waals surface area contributed by atoms with Gasteiger partial charge < -0.3 is 15.7 Å². The molecule has 5 N–H and O–H groups in total. The Morgan fingerprint density at radius 1 is 1.42 bits per heavy atom. The Kier molecular flexibility index (Phi) is 3.98. The van der Waals surface area contributed by atoms with Gasteiger partial charge in [0.2, 0.25) is 10.0 Å². The molecule has 0 amide bonds. The molecule has 1 fully saturated rings. The lowest BCUT2D eigenvalue weighted by Crippen LogP contribution is -2.24. The van der Waals surface area contributed by atoms with Crippen LogP contribution >= 0.6 is 0 Å². The molecule has 106 valence electrons. The fourth-order valence-corrected chi connectivity index (χ4v) is 3.28. The average molecular weight is 285 g/mol. The Morgan fingerprint density at radius 2 is 2.16 bits per heavy atom. The van der Waals surface area contributed by atoms with Gasteiger partial charge in [-0.15, -0.1) is 0 Å². The van der Waals surface area contributed by atoms with E-state index in [0.29, 0.717) is 17.3 Å². The van der Waals surface area contributed by atoms with Gasteiger partial charge in [-0.25, -0.2) is 13.6 Å². The second-order valence-corrected chi connectivity index (χ2v) is 6.42. The number of sulfonamides is 1. The van der Waals surface area contributed by atoms with Gasteiger partial charge in [0.25, 0.3) is 0 Å². The molecule has 0 spiro atoms. The highest BCUT2D eigenvalue weighted by atomic mass is 32.2. The number of aliphatic hydroxyl groups excluding tert-OH is 1. The number of hydrogen-bond donors (Lipinski definition) is 3. The standard InChI is InChI=1S/C12H19N3O3S/c13-10-1-2-11(12(7-10)19(14,17)18)15-5-3-9(8-15)4-6-16/h1-2,7,9,16H,3-6,8,13H2,(H2,14,17,18). The Bertz CT molecular complexity index is 559. The molecule has 6 nitrogen and oxygen atoms in total. The first-order chi connectivity index (χ1) is 8.91. The number of aliphatic hydroxyl groups is 1. The largest absolute Gasteiger partial charge is 0.399 e. The Hall–Kier alpha value is -1.31. The Balaban J connectivity index is 2.31. The lowest BCUT2D eigenvalue weighted by molar-refractivity contribution is 0.263. The predicted octanol–water partition coefficient (Wildman–Crippen LogP) is 0.125. The number of benzene rings is 1. The van der Waals surface area contributed by atoms with Crippen molar-refractivity contribution in [3.05, 3.63) is 18.2 Å². The molecule has 0 aliphatic carbocycles. The van der Waals surface area contributed by atoms with Crippen LogP contribution in [0.4, 0.5) is 11.4 Å². The van der Waals surface area contributed by atoms with Crippen LogP contribution < -0.4 is 15.8 Å². The van der Waals surface area contributed by atoms with Gasteiger partial charge in [0.1, 0.15) is 4.90 Å². The summed E-state index contributed by atoms with van der Waals surface area (Å²) < 4.78 is 23.3. The lowest BCUT2D eigenvalue weighted by Gasteiger charge is -2.21. The van der Waals surface area contributed by atoms with Crippen LogP contribution in [0.3, 0.4) is 0 Å². The molecule has 0 saturated carbocycles. The van der Waals surface area contributed by atoms with Crippen LogP contribution in [0.2, 0.25) is 0 Å². The quantitative estimate of drug-likeness (QED) is 0.681. The van der Waals surface area contributed by atoms with E-state index in [0.717, 1.165) is 25.9 Å². The van der Waals surface area contributed by atoms with E-state index in [4.69, 9.17) is 16.0 Å². The molecule has 1 aliphatic heterocycles. The Morgan fingerprint density at radius 3 is 2.79 bits per heavy atom. The van der Waals surface area contributed by atoms with Gasteiger partial charge in [-0.05, 0) is 37.0 Å². The van der Waals surface area contributed by atoms with Crippen molar-refractivity contribution in [1.29, 1.82) is 0 Å². The molecule has 1 heterocycles. The van der Waals surface area contributed by atoms with Crippen LogP contribution in [0.25, 0.3) is 0 Å². The molecule has 1 aliphatic rings. The minimum atomic E-state index is -3.79. The molecule has 19 heavy (non-hydrogen) atoms. The number of hydrogen-bond acceptors (Lipinski definition) is 5. The van der Waals surface area contributed by atoms with Crippen LogP contribution in [0.15, 0.2) is 23.1 Å². The molecular weight excluding hydrogens is 266 g/mol. The number of anilines is 2. The van der Waals surface area contributed by atoms with E-state index in [1.807, 2.05) is 4.90 Å². The zero-order chi connectivity index (χ0) is 14.0. The highest BCUT2D eigenvalue weighted by Gasteiger charge is 2.26. The summed E-state index contributed by atoms with van der Waals surface area (Å²) in [6, 6.07) is 4.75. The summed E-state index contributed by atoms with van der Waals surface area (Å²) in [6.07, 6.45) is 1.67. The third-order valence-electron chi connectivity index (χ3n) is 3.45. The maximum atomic E-state index is 11.6. The summed E-state index contributed by atoms with van der Waals surface area (Å²) >= 11 is 0. The van der Waals surface area contributed by atoms with E-state index in [9.17, 15) is 8.42 Å². The summed E-state index contributed by atoms with van der Waals surface area (Å²) in [5, 5.41) is 14.2. The van der Waals surface area contributed by atoms with E-state index in [-0.39, 0.29) is 11.5 Å². The van der Waals surface area contributed by atoms with E-state index in [1.54, 1.807) is 12.1 Å². The number of rotatable bonds is 4. The molecule has 2 rings (SSSR count). The van der Waals surface area contributed by atoms with Gasteiger partial charge in [0.15, 0.2) is 0 Å². The molecule has 7 heteroatoms. The second-order valence-electron chi connectivity index (χ2n) is 4.89. The zero-order valence-corrected chi connectivity index (χ0v) is 11.4. The van der Waals surface area contributed by atoms with Crippen molar-refractivity contribution in [1.82, 2.24) is 0 Å². The normalized spacial score (nSPS) is 19.9. The number of primary sulfonamides is 1. The first kappa shape index (κ1) is 14.1. The summed E-state index contributed by atoms with van der Waals surface area (Å²) in [5.74, 6) is 0.385. The molecule has 1 atom stereocenters. The predicted molar refractivity (Wildman–Crippen MR) is 74.3 cm³/mol. The minimum Gasteiger partial charge on any atom is -0.399 e. The topological polar surface area (TPSA) is 110 Å². The molecule has 1 saturated heterocycles. The number of nitrogens with two attached hydrogens (primary N) is 2. The molecule has 1 aromatic carbocycles. The summed E-state index contributed by atoms with van der Waals surface area (Å²) in [4.78, 5) is 2.05. The van der Waals surface area contributed by atoms with Crippen molar-refractivity contribution in [2.45, 2.75) is 17.7 Å². The van der Waals surface area contributed by atoms with Crippen molar-refractivity contribution in [3.63, 3.8) is 0 Å². The van der Waals surface area contributed by atoms with Gasteiger partial charge in [-0.2, -0.15) is 0 Å². The van der Waals surface area contributed by atoms with Crippen LogP contribution in [0.5, 0.6) is 0 Å². The van der Waals surface area contributed by atoms with Crippen LogP contribution in [0, 0.1) is 5.92 Å².